The monoisotopic (exact) mass is 909 g/mol. The lowest BCUT2D eigenvalue weighted by Gasteiger charge is -2.25. The summed E-state index contributed by atoms with van der Waals surface area (Å²) in [5.41, 5.74) is 0. The van der Waals surface area contributed by atoms with Gasteiger partial charge in [-0.05, 0) is 38.5 Å². The molecule has 0 aliphatic rings. The van der Waals surface area contributed by atoms with Crippen molar-refractivity contribution in [1.29, 1.82) is 0 Å². The second kappa shape index (κ2) is 47.5. The molecular formula is C55H106NO8+. The highest BCUT2D eigenvalue weighted by Gasteiger charge is 2.25. The van der Waals surface area contributed by atoms with Crippen molar-refractivity contribution in [2.75, 3.05) is 47.5 Å². The van der Waals surface area contributed by atoms with Gasteiger partial charge in [0.05, 0.1) is 34.4 Å². The summed E-state index contributed by atoms with van der Waals surface area (Å²) < 4.78 is 22.8. The molecule has 378 valence electrons. The van der Waals surface area contributed by atoms with E-state index in [9.17, 15) is 19.5 Å². The van der Waals surface area contributed by atoms with E-state index in [-0.39, 0.29) is 32.2 Å². The summed E-state index contributed by atoms with van der Waals surface area (Å²) in [7, 11) is 5.97. The zero-order valence-electron chi connectivity index (χ0n) is 43.0. The molecule has 64 heavy (non-hydrogen) atoms. The van der Waals surface area contributed by atoms with Crippen molar-refractivity contribution in [1.82, 2.24) is 0 Å². The summed E-state index contributed by atoms with van der Waals surface area (Å²) in [4.78, 5) is 37.2. The Labute approximate surface area is 395 Å². The summed E-state index contributed by atoms with van der Waals surface area (Å²) in [5.74, 6) is -2.00. The Morgan fingerprint density at radius 3 is 1.17 bits per heavy atom. The van der Waals surface area contributed by atoms with E-state index in [1.807, 2.05) is 21.1 Å². The number of rotatable bonds is 51. The van der Waals surface area contributed by atoms with Gasteiger partial charge >= 0.3 is 17.9 Å². The van der Waals surface area contributed by atoms with Gasteiger partial charge in [0.2, 0.25) is 0 Å². The molecule has 0 heterocycles. The van der Waals surface area contributed by atoms with Gasteiger partial charge in [-0.1, -0.05) is 225 Å². The van der Waals surface area contributed by atoms with Crippen LogP contribution in [0.15, 0.2) is 12.2 Å². The minimum atomic E-state index is -1.51. The number of unbranched alkanes of at least 4 members (excludes halogenated alkanes) is 34. The largest absolute Gasteiger partial charge is 0.477 e. The topological polar surface area (TPSA) is 108 Å². The number of carbonyl (C=O) groups excluding carboxylic acids is 2. The molecule has 0 amide bonds. The van der Waals surface area contributed by atoms with Gasteiger partial charge in [-0.15, -0.1) is 0 Å². The summed E-state index contributed by atoms with van der Waals surface area (Å²) in [6.07, 6.45) is 50.1. The van der Waals surface area contributed by atoms with Crippen molar-refractivity contribution in [3.63, 3.8) is 0 Å². The van der Waals surface area contributed by atoms with Crippen LogP contribution in [-0.4, -0.2) is 87.4 Å². The first kappa shape index (κ1) is 62.0. The van der Waals surface area contributed by atoms with Crippen LogP contribution < -0.4 is 0 Å². The molecule has 0 rings (SSSR count). The van der Waals surface area contributed by atoms with E-state index in [1.165, 1.54) is 180 Å². The van der Waals surface area contributed by atoms with Crippen molar-refractivity contribution in [3.8, 4) is 0 Å². The molecule has 0 radical (unpaired) electrons. The lowest BCUT2D eigenvalue weighted by molar-refractivity contribution is -0.870. The molecule has 0 saturated heterocycles. The predicted octanol–water partition coefficient (Wildman–Crippen LogP) is 15.4. The van der Waals surface area contributed by atoms with Gasteiger partial charge in [0.25, 0.3) is 6.29 Å². The van der Waals surface area contributed by atoms with Crippen LogP contribution in [0.1, 0.15) is 264 Å². The van der Waals surface area contributed by atoms with Crippen molar-refractivity contribution in [2.45, 2.75) is 277 Å². The van der Waals surface area contributed by atoms with Gasteiger partial charge in [-0.3, -0.25) is 9.59 Å². The van der Waals surface area contributed by atoms with Crippen LogP contribution in [0.5, 0.6) is 0 Å². The third-order valence-corrected chi connectivity index (χ3v) is 12.3. The quantitative estimate of drug-likeness (QED) is 0.0211. The van der Waals surface area contributed by atoms with E-state index in [4.69, 9.17) is 18.9 Å². The van der Waals surface area contributed by atoms with Crippen LogP contribution in [-0.2, 0) is 33.3 Å². The van der Waals surface area contributed by atoms with Gasteiger partial charge < -0.3 is 28.5 Å². The summed E-state index contributed by atoms with van der Waals surface area (Å²) in [5, 5.41) is 9.66. The minimum absolute atomic E-state index is 0.179. The normalized spacial score (nSPS) is 12.8. The molecule has 9 nitrogen and oxygen atoms in total. The Kier molecular flexibility index (Phi) is 46.1. The first-order valence-electron chi connectivity index (χ1n) is 27.4. The van der Waals surface area contributed by atoms with E-state index in [0.29, 0.717) is 23.9 Å². The number of aliphatic carboxylic acids is 1. The summed E-state index contributed by atoms with van der Waals surface area (Å²) >= 11 is 0. The molecular weight excluding hydrogens is 803 g/mol. The van der Waals surface area contributed by atoms with E-state index in [2.05, 4.69) is 26.0 Å². The van der Waals surface area contributed by atoms with Crippen molar-refractivity contribution in [2.24, 2.45) is 0 Å². The standard InChI is InChI=1S/C55H105NO8/c1-6-8-10-12-14-16-18-20-21-22-23-24-25-26-27-28-29-30-31-32-34-35-37-39-41-43-45-52(57)62-49-51(50-63-55(54(59)60)61-48-47-56(3,4)5)64-53(58)46-44-42-40-38-36-33-19-17-15-13-11-9-7-2/h17,19,51,55H,6-16,18,20-50H2,1-5H3/p+1/b19-17-. The van der Waals surface area contributed by atoms with E-state index in [0.717, 1.165) is 51.4 Å². The Hall–Kier alpha value is -1.97. The Bertz CT molecular complexity index is 1060. The number of allylic oxidation sites excluding steroid dienone is 2. The predicted molar refractivity (Wildman–Crippen MR) is 268 cm³/mol. The molecule has 0 aromatic heterocycles. The third-order valence-electron chi connectivity index (χ3n) is 12.3. The Morgan fingerprint density at radius 2 is 0.797 bits per heavy atom. The fourth-order valence-electron chi connectivity index (χ4n) is 8.01. The maximum absolute atomic E-state index is 12.8. The first-order chi connectivity index (χ1) is 31.1. The van der Waals surface area contributed by atoms with Gasteiger partial charge in [0.1, 0.15) is 13.2 Å². The highest BCUT2D eigenvalue weighted by molar-refractivity contribution is 5.71. The lowest BCUT2D eigenvalue weighted by atomic mass is 10.0. The number of hydrogen-bond donors (Lipinski definition) is 1. The number of carboxylic acids is 1. The molecule has 0 fully saturated rings. The molecule has 0 bridgehead atoms. The highest BCUT2D eigenvalue weighted by atomic mass is 16.7. The summed E-state index contributed by atoms with van der Waals surface area (Å²) in [6, 6.07) is 0. The van der Waals surface area contributed by atoms with Gasteiger partial charge in [0, 0.05) is 12.8 Å². The van der Waals surface area contributed by atoms with Crippen LogP contribution in [0, 0.1) is 0 Å². The average molecular weight is 909 g/mol. The highest BCUT2D eigenvalue weighted by Crippen LogP contribution is 2.17. The number of carbonyl (C=O) groups is 3. The van der Waals surface area contributed by atoms with E-state index in [1.54, 1.807) is 0 Å². The van der Waals surface area contributed by atoms with Crippen molar-refractivity contribution < 1.29 is 42.9 Å². The number of quaternary nitrogens is 1. The fraction of sp³-hybridized carbons (Fsp3) is 0.909. The SMILES string of the molecule is CCCCCC/C=C\CCCCCCCC(=O)OC(COC(=O)CCCCCCCCCCCCCCCCCCCCCCCCCCCC)COC(OCC[N+](C)(C)C)C(=O)O. The smallest absolute Gasteiger partial charge is 0.361 e. The zero-order chi connectivity index (χ0) is 47.0. The van der Waals surface area contributed by atoms with Gasteiger partial charge in [0.15, 0.2) is 6.10 Å². The van der Waals surface area contributed by atoms with Crippen molar-refractivity contribution in [3.05, 3.63) is 12.2 Å². The fourth-order valence-corrected chi connectivity index (χ4v) is 8.01. The van der Waals surface area contributed by atoms with Gasteiger partial charge in [-0.2, -0.15) is 0 Å². The van der Waals surface area contributed by atoms with Crippen LogP contribution >= 0.6 is 0 Å². The second-order valence-electron chi connectivity index (χ2n) is 19.9. The maximum atomic E-state index is 12.8. The number of carboxylic acid groups (broad SMARTS) is 1. The van der Waals surface area contributed by atoms with Crippen LogP contribution in [0.4, 0.5) is 0 Å². The second-order valence-corrected chi connectivity index (χ2v) is 19.9. The minimum Gasteiger partial charge on any atom is -0.477 e. The van der Waals surface area contributed by atoms with Crippen LogP contribution in [0.2, 0.25) is 0 Å². The third kappa shape index (κ3) is 48.0. The molecule has 0 aromatic rings. The number of nitrogens with zero attached hydrogens (tertiary/aromatic N) is 1. The molecule has 0 aliphatic heterocycles. The molecule has 0 aliphatic carbocycles. The zero-order valence-corrected chi connectivity index (χ0v) is 43.0. The van der Waals surface area contributed by atoms with Crippen molar-refractivity contribution >= 4 is 17.9 Å². The average Bonchev–Trinajstić information content (AvgIpc) is 3.26. The molecule has 0 aromatic carbocycles. The molecule has 0 spiro atoms. The number of esters is 2. The molecule has 1 N–H and O–H groups in total. The van der Waals surface area contributed by atoms with E-state index < -0.39 is 24.3 Å². The molecule has 9 heteroatoms. The Morgan fingerprint density at radius 1 is 0.453 bits per heavy atom. The number of likely N-dealkylation sites (N-methyl/N-ethyl adjacent to an activating group) is 1. The first-order valence-corrected chi connectivity index (χ1v) is 27.4. The summed E-state index contributed by atoms with van der Waals surface area (Å²) in [6.45, 7) is 4.89. The van der Waals surface area contributed by atoms with Crippen LogP contribution in [0.3, 0.4) is 0 Å². The lowest BCUT2D eigenvalue weighted by Crippen LogP contribution is -2.40. The van der Waals surface area contributed by atoms with E-state index >= 15 is 0 Å². The van der Waals surface area contributed by atoms with Gasteiger partial charge in [-0.25, -0.2) is 4.79 Å². The molecule has 2 unspecified atom stereocenters. The number of ether oxygens (including phenoxy) is 4. The molecule has 0 saturated carbocycles. The molecule has 2 atom stereocenters. The number of hydrogen-bond acceptors (Lipinski definition) is 7. The maximum Gasteiger partial charge on any atom is 0.361 e. The Balaban J connectivity index is 4.14. The van der Waals surface area contributed by atoms with Crippen LogP contribution in [0.25, 0.3) is 0 Å².